The summed E-state index contributed by atoms with van der Waals surface area (Å²) in [4.78, 5) is 33.8. The zero-order valence-corrected chi connectivity index (χ0v) is 12.6. The quantitative estimate of drug-likeness (QED) is 0.103. The number of hydrogen-bond donors (Lipinski definition) is 5. The minimum atomic E-state index is -0.974. The lowest BCUT2D eigenvalue weighted by Gasteiger charge is -2.16. The molecule has 0 spiro atoms. The Morgan fingerprint density at radius 1 is 1.33 bits per heavy atom. The van der Waals surface area contributed by atoms with Crippen LogP contribution in [0.15, 0.2) is 35.4 Å². The van der Waals surface area contributed by atoms with Gasteiger partial charge < -0.3 is 16.4 Å². The Labute approximate surface area is 137 Å². The van der Waals surface area contributed by atoms with E-state index in [0.717, 1.165) is 0 Å². The molecule has 1 aromatic rings. The van der Waals surface area contributed by atoms with Crippen LogP contribution in [0.2, 0.25) is 0 Å². The number of hydrogen-bond acceptors (Lipinski definition) is 5. The number of benzene rings is 1. The van der Waals surface area contributed by atoms with E-state index < -0.39 is 22.9 Å². The number of hydroxylamine groups is 1. The molecule has 0 heterocycles. The summed E-state index contributed by atoms with van der Waals surface area (Å²) in [6.45, 7) is 0.194. The van der Waals surface area contributed by atoms with Crippen molar-refractivity contribution in [3.05, 3.63) is 46.0 Å². The number of hydrazone groups is 1. The number of guanidine groups is 1. The summed E-state index contributed by atoms with van der Waals surface area (Å²) >= 11 is 0. The molecule has 0 aliphatic heterocycles. The third kappa shape index (κ3) is 6.70. The number of nitrogens with zero attached hydrogens (tertiary/aromatic N) is 2. The van der Waals surface area contributed by atoms with Gasteiger partial charge in [-0.1, -0.05) is 18.2 Å². The molecule has 0 aliphatic carbocycles. The maximum Gasteiger partial charge on any atom is 0.266 e. The van der Waals surface area contributed by atoms with Crippen molar-refractivity contribution in [3.8, 4) is 0 Å². The van der Waals surface area contributed by atoms with E-state index in [1.54, 1.807) is 30.3 Å². The number of nitrogens with one attached hydrogen (secondary N) is 3. The molecular weight excluding hydrogens is 320 g/mol. The fourth-order valence-electron chi connectivity index (χ4n) is 1.82. The first kappa shape index (κ1) is 18.8. The lowest BCUT2D eigenvalue weighted by Crippen LogP contribution is -2.46. The second kappa shape index (κ2) is 9.74. The van der Waals surface area contributed by atoms with E-state index in [1.165, 1.54) is 5.48 Å². The van der Waals surface area contributed by atoms with Gasteiger partial charge in [0.05, 0.1) is 0 Å². The molecule has 0 unspecified atom stereocenters. The molecule has 24 heavy (non-hydrogen) atoms. The van der Waals surface area contributed by atoms with E-state index in [2.05, 4.69) is 15.7 Å². The molecule has 0 saturated carbocycles. The van der Waals surface area contributed by atoms with Gasteiger partial charge in [-0.3, -0.25) is 14.8 Å². The smallest absolute Gasteiger partial charge is 0.266 e. The lowest BCUT2D eigenvalue weighted by molar-refractivity contribution is -0.485. The molecule has 0 saturated heterocycles. The Morgan fingerprint density at radius 2 is 2.00 bits per heavy atom. The van der Waals surface area contributed by atoms with Crippen LogP contribution < -0.4 is 21.8 Å². The van der Waals surface area contributed by atoms with Crippen LogP contribution in [0, 0.1) is 10.1 Å². The predicted molar refractivity (Wildman–Crippen MR) is 83.5 cm³/mol. The first-order valence-electron chi connectivity index (χ1n) is 6.96. The zero-order valence-electron chi connectivity index (χ0n) is 12.6. The van der Waals surface area contributed by atoms with Crippen LogP contribution in [-0.4, -0.2) is 40.6 Å². The highest BCUT2D eigenvalue weighted by molar-refractivity contribution is 5.97. The molecule has 0 aromatic heterocycles. The zero-order chi connectivity index (χ0) is 17.9. The fourth-order valence-corrected chi connectivity index (χ4v) is 1.82. The Bertz CT molecular complexity index is 606. The van der Waals surface area contributed by atoms with Crippen LogP contribution in [0.4, 0.5) is 0 Å². The van der Waals surface area contributed by atoms with Gasteiger partial charge in [0, 0.05) is 12.1 Å². The van der Waals surface area contributed by atoms with E-state index in [-0.39, 0.29) is 18.9 Å². The number of carbonyl (C=O) groups excluding carboxylic acids is 2. The Morgan fingerprint density at radius 3 is 2.58 bits per heavy atom. The van der Waals surface area contributed by atoms with Gasteiger partial charge in [0.15, 0.2) is 5.03 Å². The van der Waals surface area contributed by atoms with Crippen molar-refractivity contribution in [2.45, 2.75) is 18.9 Å². The number of rotatable bonds is 8. The van der Waals surface area contributed by atoms with Crippen LogP contribution in [-0.2, 0) is 4.79 Å². The van der Waals surface area contributed by atoms with Crippen molar-refractivity contribution in [1.82, 2.24) is 16.1 Å². The van der Waals surface area contributed by atoms with Gasteiger partial charge >= 0.3 is 0 Å². The molecule has 11 heteroatoms. The average molecular weight is 338 g/mol. The molecule has 2 amide bonds. The van der Waals surface area contributed by atoms with Gasteiger partial charge in [-0.15, -0.1) is 0 Å². The second-order valence-corrected chi connectivity index (χ2v) is 4.66. The minimum Gasteiger partial charge on any atom is -0.365 e. The van der Waals surface area contributed by atoms with Crippen molar-refractivity contribution in [2.24, 2.45) is 10.8 Å². The standard InChI is InChI=1S/C13H18N6O5/c14-13(17-19(23)24)15-8-4-7-10(12(21)18-22)16-11(20)9-5-2-1-3-6-9/h1-3,5-6,10,22H,4,7-8H2,(H,16,20)(H,18,21)(H3,14,15,17)/t10-/m0/s1. The number of amides is 2. The van der Waals surface area contributed by atoms with Gasteiger partial charge in [-0.05, 0) is 25.0 Å². The largest absolute Gasteiger partial charge is 0.365 e. The van der Waals surface area contributed by atoms with Gasteiger partial charge in [0.25, 0.3) is 17.8 Å². The molecular formula is C13H18N6O5. The summed E-state index contributed by atoms with van der Waals surface area (Å²) in [5, 5.41) is 25.8. The molecule has 1 rings (SSSR count). The van der Waals surface area contributed by atoms with E-state index in [0.29, 0.717) is 12.0 Å². The molecule has 1 atom stereocenters. The van der Waals surface area contributed by atoms with E-state index in [1.807, 2.05) is 0 Å². The molecule has 0 radical (unpaired) electrons. The van der Waals surface area contributed by atoms with Crippen LogP contribution >= 0.6 is 0 Å². The summed E-state index contributed by atoms with van der Waals surface area (Å²) in [6, 6.07) is 7.30. The van der Waals surface area contributed by atoms with Crippen molar-refractivity contribution < 1.29 is 19.8 Å². The van der Waals surface area contributed by atoms with Gasteiger partial charge in [0.2, 0.25) is 0 Å². The van der Waals surface area contributed by atoms with Crippen LogP contribution in [0.5, 0.6) is 0 Å². The summed E-state index contributed by atoms with van der Waals surface area (Å²) in [7, 11) is 0. The Balaban J connectivity index is 2.53. The highest BCUT2D eigenvalue weighted by Crippen LogP contribution is 2.02. The van der Waals surface area contributed by atoms with Crippen molar-refractivity contribution >= 4 is 17.8 Å². The predicted octanol–water partition coefficient (Wildman–Crippen LogP) is -0.833. The summed E-state index contributed by atoms with van der Waals surface area (Å²) in [5.74, 6) is -1.60. The third-order valence-electron chi connectivity index (χ3n) is 2.93. The van der Waals surface area contributed by atoms with E-state index >= 15 is 0 Å². The summed E-state index contributed by atoms with van der Waals surface area (Å²) in [6.07, 6.45) is 0.505. The van der Waals surface area contributed by atoms with E-state index in [9.17, 15) is 19.7 Å². The average Bonchev–Trinajstić information content (AvgIpc) is 2.56. The van der Waals surface area contributed by atoms with Crippen molar-refractivity contribution in [3.63, 3.8) is 0 Å². The Kier molecular flexibility index (Phi) is 7.64. The van der Waals surface area contributed by atoms with Crippen molar-refractivity contribution in [2.75, 3.05) is 6.54 Å². The van der Waals surface area contributed by atoms with E-state index in [4.69, 9.17) is 10.9 Å². The van der Waals surface area contributed by atoms with Crippen LogP contribution in [0.3, 0.4) is 0 Å². The lowest BCUT2D eigenvalue weighted by atomic mass is 10.1. The first-order valence-corrected chi connectivity index (χ1v) is 6.96. The topological polar surface area (TPSA) is 172 Å². The molecule has 11 nitrogen and oxygen atoms in total. The minimum absolute atomic E-state index is 0.170. The van der Waals surface area contributed by atoms with Gasteiger partial charge in [0.1, 0.15) is 11.1 Å². The number of nitro groups is 1. The molecule has 1 aromatic carbocycles. The highest BCUT2D eigenvalue weighted by Gasteiger charge is 2.20. The summed E-state index contributed by atoms with van der Waals surface area (Å²) in [5.41, 5.74) is 7.10. The maximum absolute atomic E-state index is 12.0. The number of nitrogens with two attached hydrogens (primary N) is 1. The molecule has 6 N–H and O–H groups in total. The summed E-state index contributed by atoms with van der Waals surface area (Å²) < 4.78 is 0. The molecule has 130 valence electrons. The molecule has 0 fully saturated rings. The fraction of sp³-hybridized carbons (Fsp3) is 0.308. The first-order chi connectivity index (χ1) is 11.4. The van der Waals surface area contributed by atoms with Gasteiger partial charge in [-0.25, -0.2) is 15.6 Å². The second-order valence-electron chi connectivity index (χ2n) is 4.66. The monoisotopic (exact) mass is 338 g/mol. The highest BCUT2D eigenvalue weighted by atomic mass is 16.7. The molecule has 0 bridgehead atoms. The maximum atomic E-state index is 12.0. The Hall–Kier alpha value is -3.21. The molecule has 0 aliphatic rings. The van der Waals surface area contributed by atoms with Crippen molar-refractivity contribution in [1.29, 1.82) is 0 Å². The normalized spacial score (nSPS) is 12.1. The number of carbonyl (C=O) groups is 2. The SMILES string of the molecule is N/C(=N\[N+](=O)[O-])NCCC[C@H](NC(=O)c1ccccc1)C(=O)NO. The van der Waals surface area contributed by atoms with Crippen LogP contribution in [0.1, 0.15) is 23.2 Å². The van der Waals surface area contributed by atoms with Crippen LogP contribution in [0.25, 0.3) is 0 Å². The van der Waals surface area contributed by atoms with Gasteiger partial charge in [-0.2, -0.15) is 0 Å². The third-order valence-corrected chi connectivity index (χ3v) is 2.93.